The fraction of sp³-hybridized carbons (Fsp3) is 0.0833. The number of nitrogens with zero attached hydrogens (tertiary/aromatic N) is 3. The number of rotatable bonds is 4. The van der Waals surface area contributed by atoms with Crippen LogP contribution in [-0.2, 0) is 16.4 Å². The highest BCUT2D eigenvalue weighted by Crippen LogP contribution is 2.37. The third-order valence-corrected chi connectivity index (χ3v) is 7.55. The molecule has 0 atom stereocenters. The SMILES string of the molecule is Nc1c(S(=O)(=O)c2ccc(F)cc2)c2nc3ccccc3nc2n1Cc1ccc2c(c1)OCO2. The zero-order valence-electron chi connectivity index (χ0n) is 17.6. The number of ether oxygens (including phenoxy) is 2. The first kappa shape index (κ1) is 20.4. The Hall–Kier alpha value is -4.18. The van der Waals surface area contributed by atoms with Crippen LogP contribution < -0.4 is 15.2 Å². The molecule has 34 heavy (non-hydrogen) atoms. The van der Waals surface area contributed by atoms with Gasteiger partial charge >= 0.3 is 0 Å². The molecule has 2 N–H and O–H groups in total. The van der Waals surface area contributed by atoms with Crippen LogP contribution in [0.15, 0.2) is 76.5 Å². The zero-order valence-corrected chi connectivity index (χ0v) is 18.4. The molecule has 8 nitrogen and oxygen atoms in total. The fourth-order valence-electron chi connectivity index (χ4n) is 4.07. The van der Waals surface area contributed by atoms with Crippen LogP contribution >= 0.6 is 0 Å². The van der Waals surface area contributed by atoms with Crippen LogP contribution in [0.5, 0.6) is 11.5 Å². The van der Waals surface area contributed by atoms with Crippen molar-refractivity contribution in [1.29, 1.82) is 0 Å². The third-order valence-electron chi connectivity index (χ3n) is 5.72. The Kier molecular flexibility index (Phi) is 4.46. The Morgan fingerprint density at radius 2 is 1.65 bits per heavy atom. The number of anilines is 1. The van der Waals surface area contributed by atoms with Gasteiger partial charge in [-0.05, 0) is 54.1 Å². The molecule has 3 heterocycles. The maximum Gasteiger partial charge on any atom is 0.231 e. The Balaban J connectivity index is 1.59. The highest BCUT2D eigenvalue weighted by molar-refractivity contribution is 7.92. The van der Waals surface area contributed by atoms with Gasteiger partial charge in [0, 0.05) is 0 Å². The standard InChI is InChI=1S/C24H17FN4O4S/c25-15-6-8-16(9-7-15)34(30,31)22-21-24(28-18-4-2-1-3-17(18)27-21)29(23(22)26)12-14-5-10-19-20(11-14)33-13-32-19/h1-11H,12-13,26H2. The van der Waals surface area contributed by atoms with Crippen molar-refractivity contribution < 1.29 is 22.3 Å². The minimum Gasteiger partial charge on any atom is -0.454 e. The lowest BCUT2D eigenvalue weighted by molar-refractivity contribution is 0.174. The number of nitrogen functional groups attached to an aromatic ring is 1. The van der Waals surface area contributed by atoms with Gasteiger partial charge in [-0.2, -0.15) is 0 Å². The molecule has 170 valence electrons. The smallest absolute Gasteiger partial charge is 0.231 e. The largest absolute Gasteiger partial charge is 0.454 e. The number of nitrogens with two attached hydrogens (primary N) is 1. The lowest BCUT2D eigenvalue weighted by Gasteiger charge is -2.09. The Morgan fingerprint density at radius 3 is 2.41 bits per heavy atom. The summed E-state index contributed by atoms with van der Waals surface area (Å²) in [5.74, 6) is 0.693. The van der Waals surface area contributed by atoms with Crippen molar-refractivity contribution in [2.75, 3.05) is 12.5 Å². The predicted molar refractivity (Wildman–Crippen MR) is 123 cm³/mol. The van der Waals surface area contributed by atoms with Gasteiger partial charge in [0.15, 0.2) is 17.1 Å². The number of halogens is 1. The van der Waals surface area contributed by atoms with Crippen molar-refractivity contribution in [2.24, 2.45) is 0 Å². The first-order valence-electron chi connectivity index (χ1n) is 10.4. The van der Waals surface area contributed by atoms with Crippen LogP contribution in [0.2, 0.25) is 0 Å². The number of aromatic nitrogens is 3. The highest BCUT2D eigenvalue weighted by atomic mass is 32.2. The number of fused-ring (bicyclic) bond motifs is 3. The zero-order chi connectivity index (χ0) is 23.4. The van der Waals surface area contributed by atoms with E-state index >= 15 is 0 Å². The summed E-state index contributed by atoms with van der Waals surface area (Å²) in [4.78, 5) is 9.05. The summed E-state index contributed by atoms with van der Waals surface area (Å²) in [7, 11) is -4.12. The van der Waals surface area contributed by atoms with E-state index in [9.17, 15) is 12.8 Å². The average Bonchev–Trinajstić information content (AvgIpc) is 3.40. The summed E-state index contributed by atoms with van der Waals surface area (Å²) >= 11 is 0. The van der Waals surface area contributed by atoms with E-state index in [2.05, 4.69) is 9.97 Å². The molecule has 0 radical (unpaired) electrons. The van der Waals surface area contributed by atoms with E-state index in [1.165, 1.54) is 12.1 Å². The van der Waals surface area contributed by atoms with Gasteiger partial charge in [0.05, 0.1) is 22.5 Å². The van der Waals surface area contributed by atoms with Crippen molar-refractivity contribution >= 4 is 37.9 Å². The van der Waals surface area contributed by atoms with Gasteiger partial charge in [0.2, 0.25) is 16.6 Å². The van der Waals surface area contributed by atoms with Crippen molar-refractivity contribution in [3.8, 4) is 11.5 Å². The van der Waals surface area contributed by atoms with Crippen LogP contribution in [0.4, 0.5) is 10.2 Å². The van der Waals surface area contributed by atoms with Gasteiger partial charge in [-0.15, -0.1) is 0 Å². The second-order valence-corrected chi connectivity index (χ2v) is 9.72. The molecule has 0 saturated heterocycles. The second kappa shape index (κ2) is 7.42. The average molecular weight is 476 g/mol. The summed E-state index contributed by atoms with van der Waals surface area (Å²) in [5.41, 5.74) is 8.90. The summed E-state index contributed by atoms with van der Waals surface area (Å²) in [5, 5.41) is 0. The first-order chi connectivity index (χ1) is 16.4. The van der Waals surface area contributed by atoms with Crippen molar-refractivity contribution in [2.45, 2.75) is 16.3 Å². The number of hydrogen-bond acceptors (Lipinski definition) is 7. The number of sulfone groups is 1. The normalized spacial score (nSPS) is 13.1. The molecular formula is C24H17FN4O4S. The van der Waals surface area contributed by atoms with Crippen LogP contribution in [-0.4, -0.2) is 29.7 Å². The third kappa shape index (κ3) is 3.14. The van der Waals surface area contributed by atoms with E-state index in [1.54, 1.807) is 28.8 Å². The molecule has 1 aliphatic heterocycles. The monoisotopic (exact) mass is 476 g/mol. The van der Waals surface area contributed by atoms with Gasteiger partial charge in [0.1, 0.15) is 22.0 Å². The lowest BCUT2D eigenvalue weighted by atomic mass is 10.2. The molecule has 6 rings (SSSR count). The van der Waals surface area contributed by atoms with Gasteiger partial charge in [-0.25, -0.2) is 22.8 Å². The maximum atomic E-state index is 13.6. The fourth-order valence-corrected chi connectivity index (χ4v) is 5.57. The summed E-state index contributed by atoms with van der Waals surface area (Å²) < 4.78 is 53.1. The molecule has 0 amide bonds. The quantitative estimate of drug-likeness (QED) is 0.392. The van der Waals surface area contributed by atoms with Crippen LogP contribution in [0.1, 0.15) is 5.56 Å². The first-order valence-corrected chi connectivity index (χ1v) is 11.8. The number of hydrogen-bond donors (Lipinski definition) is 1. The lowest BCUT2D eigenvalue weighted by Crippen LogP contribution is -2.09. The molecule has 0 unspecified atom stereocenters. The van der Waals surface area contributed by atoms with Gasteiger partial charge in [-0.1, -0.05) is 18.2 Å². The van der Waals surface area contributed by atoms with Crippen molar-refractivity contribution in [3.05, 3.63) is 78.1 Å². The molecule has 0 bridgehead atoms. The summed E-state index contributed by atoms with van der Waals surface area (Å²) in [6.45, 7) is 0.371. The van der Waals surface area contributed by atoms with E-state index < -0.39 is 15.7 Å². The molecule has 1 aliphatic rings. The van der Waals surface area contributed by atoms with Gasteiger partial charge in [-0.3, -0.25) is 0 Å². The molecule has 3 aromatic carbocycles. The maximum absolute atomic E-state index is 13.6. The minimum absolute atomic E-state index is 0.00713. The van der Waals surface area contributed by atoms with Crippen molar-refractivity contribution in [3.63, 3.8) is 0 Å². The molecule has 10 heteroatoms. The molecule has 2 aromatic heterocycles. The van der Waals surface area contributed by atoms with E-state index in [-0.39, 0.29) is 34.5 Å². The Bertz CT molecular complexity index is 1700. The van der Waals surface area contributed by atoms with Gasteiger partial charge in [0.25, 0.3) is 0 Å². The van der Waals surface area contributed by atoms with Gasteiger partial charge < -0.3 is 19.8 Å². The number of para-hydroxylation sites is 2. The van der Waals surface area contributed by atoms with E-state index in [4.69, 9.17) is 15.2 Å². The van der Waals surface area contributed by atoms with Crippen LogP contribution in [0.3, 0.4) is 0 Å². The van der Waals surface area contributed by atoms with Crippen molar-refractivity contribution in [1.82, 2.24) is 14.5 Å². The van der Waals surface area contributed by atoms with E-state index in [1.807, 2.05) is 18.2 Å². The topological polar surface area (TPSA) is 109 Å². The second-order valence-electron chi connectivity index (χ2n) is 7.83. The van der Waals surface area contributed by atoms with E-state index in [0.717, 1.165) is 17.7 Å². The molecule has 0 spiro atoms. The Labute approximate surface area is 193 Å². The minimum atomic E-state index is -4.12. The predicted octanol–water partition coefficient (Wildman–Crippen LogP) is 3.92. The van der Waals surface area contributed by atoms with E-state index in [0.29, 0.717) is 28.2 Å². The van der Waals surface area contributed by atoms with Crippen LogP contribution in [0.25, 0.3) is 22.2 Å². The molecule has 0 fully saturated rings. The Morgan fingerprint density at radius 1 is 0.941 bits per heavy atom. The molecular weight excluding hydrogens is 459 g/mol. The summed E-state index contributed by atoms with van der Waals surface area (Å²) in [6, 6.07) is 17.2. The van der Waals surface area contributed by atoms with Crippen LogP contribution in [0, 0.1) is 5.82 Å². The molecule has 5 aromatic rings. The summed E-state index contributed by atoms with van der Waals surface area (Å²) in [6.07, 6.45) is 0. The highest BCUT2D eigenvalue weighted by Gasteiger charge is 2.30. The number of benzene rings is 3. The molecule has 0 saturated carbocycles. The molecule has 0 aliphatic carbocycles.